The average molecular weight is 501 g/mol. The molecule has 4 aromatic rings. The Morgan fingerprint density at radius 1 is 0.722 bits per heavy atom. The zero-order valence-electron chi connectivity index (χ0n) is 22.3. The van der Waals surface area contributed by atoms with Crippen molar-refractivity contribution in [1.29, 1.82) is 0 Å². The lowest BCUT2D eigenvalue weighted by Crippen LogP contribution is -1.95. The molecule has 2 nitrogen and oxygen atoms in total. The molecule has 0 amide bonds. The van der Waals surface area contributed by atoms with Crippen molar-refractivity contribution in [2.45, 2.75) is 91.4 Å². The van der Waals surface area contributed by atoms with Gasteiger partial charge < -0.3 is 4.98 Å². The van der Waals surface area contributed by atoms with Gasteiger partial charge in [0.2, 0.25) is 0 Å². The van der Waals surface area contributed by atoms with Gasteiger partial charge in [-0.2, -0.15) is 0 Å². The smallest absolute Gasteiger partial charge is 0.138 e. The molecule has 0 saturated carbocycles. The van der Waals surface area contributed by atoms with Crippen LogP contribution in [0.2, 0.25) is 5.02 Å². The fraction of sp³-hybridized carbons (Fsp3) is 0.424. The maximum Gasteiger partial charge on any atom is 0.138 e. The maximum atomic E-state index is 6.71. The van der Waals surface area contributed by atoms with Gasteiger partial charge >= 0.3 is 0 Å². The lowest BCUT2D eigenvalue weighted by Gasteiger charge is -2.11. The molecule has 0 aliphatic rings. The average Bonchev–Trinajstić information content (AvgIpc) is 3.39. The molecule has 1 heterocycles. The number of aryl methyl sites for hydroxylation is 3. The van der Waals surface area contributed by atoms with E-state index in [1.165, 1.54) is 79.0 Å². The number of benzene rings is 3. The lowest BCUT2D eigenvalue weighted by molar-refractivity contribution is 0.607. The standard InChI is InChI=1S/C33H41ClN2/c1-4-7-9-10-11-12-15-26-20-24(6-3)18-19-27(26)33-35-23-32(36-33)29-17-13-16-28-30(29)21-25(14-8-5-2)22-31(28)34/h13,16-23H,4-12,14-15H2,1-3H3,(H,35,36). The van der Waals surface area contributed by atoms with Gasteiger partial charge in [0.1, 0.15) is 5.82 Å². The van der Waals surface area contributed by atoms with E-state index in [1.807, 2.05) is 6.20 Å². The van der Waals surface area contributed by atoms with E-state index in [4.69, 9.17) is 16.6 Å². The molecule has 0 bridgehead atoms. The second kappa shape index (κ2) is 13.1. The first-order valence-electron chi connectivity index (χ1n) is 14.0. The summed E-state index contributed by atoms with van der Waals surface area (Å²) in [6.07, 6.45) is 15.4. The number of aromatic amines is 1. The van der Waals surface area contributed by atoms with Crippen molar-refractivity contribution >= 4 is 22.4 Å². The number of nitrogens with zero attached hydrogens (tertiary/aromatic N) is 1. The van der Waals surface area contributed by atoms with E-state index < -0.39 is 0 Å². The summed E-state index contributed by atoms with van der Waals surface area (Å²) in [7, 11) is 0. The molecule has 0 aliphatic carbocycles. The highest BCUT2D eigenvalue weighted by Gasteiger charge is 2.14. The van der Waals surface area contributed by atoms with Gasteiger partial charge in [-0.3, -0.25) is 0 Å². The van der Waals surface area contributed by atoms with E-state index in [1.54, 1.807) is 0 Å². The van der Waals surface area contributed by atoms with E-state index in [9.17, 15) is 0 Å². The van der Waals surface area contributed by atoms with Crippen LogP contribution in [0.1, 0.15) is 88.8 Å². The van der Waals surface area contributed by atoms with Crippen molar-refractivity contribution < 1.29 is 0 Å². The molecule has 0 radical (unpaired) electrons. The molecule has 0 aliphatic heterocycles. The van der Waals surface area contributed by atoms with Gasteiger partial charge in [0, 0.05) is 21.5 Å². The van der Waals surface area contributed by atoms with Gasteiger partial charge in [-0.1, -0.05) is 113 Å². The Hall–Kier alpha value is -2.58. The molecule has 0 atom stereocenters. The quantitative estimate of drug-likeness (QED) is 0.182. The van der Waals surface area contributed by atoms with Crippen LogP contribution in [0.15, 0.2) is 54.7 Å². The number of fused-ring (bicyclic) bond motifs is 1. The minimum Gasteiger partial charge on any atom is -0.338 e. The molecule has 0 unspecified atom stereocenters. The van der Waals surface area contributed by atoms with Gasteiger partial charge in [0.25, 0.3) is 0 Å². The Bertz CT molecular complexity index is 1270. The number of unbranched alkanes of at least 4 members (excludes halogenated alkanes) is 6. The highest BCUT2D eigenvalue weighted by molar-refractivity contribution is 6.36. The van der Waals surface area contributed by atoms with Crippen LogP contribution in [0.3, 0.4) is 0 Å². The number of hydrogen-bond donors (Lipinski definition) is 1. The molecule has 0 saturated heterocycles. The highest BCUT2D eigenvalue weighted by Crippen LogP contribution is 2.35. The first-order valence-corrected chi connectivity index (χ1v) is 14.4. The minimum absolute atomic E-state index is 0.830. The number of imidazole rings is 1. The van der Waals surface area contributed by atoms with E-state index >= 15 is 0 Å². The van der Waals surface area contributed by atoms with Crippen LogP contribution < -0.4 is 0 Å². The fourth-order valence-corrected chi connectivity index (χ4v) is 5.46. The highest BCUT2D eigenvalue weighted by atomic mass is 35.5. The lowest BCUT2D eigenvalue weighted by atomic mass is 9.97. The van der Waals surface area contributed by atoms with Crippen LogP contribution in [0.25, 0.3) is 33.4 Å². The van der Waals surface area contributed by atoms with Crippen molar-refractivity contribution in [1.82, 2.24) is 9.97 Å². The van der Waals surface area contributed by atoms with E-state index in [-0.39, 0.29) is 0 Å². The molecule has 190 valence electrons. The van der Waals surface area contributed by atoms with Crippen LogP contribution in [-0.4, -0.2) is 9.97 Å². The molecule has 1 N–H and O–H groups in total. The Morgan fingerprint density at radius 3 is 2.33 bits per heavy atom. The number of halogens is 1. The Morgan fingerprint density at radius 2 is 1.53 bits per heavy atom. The van der Waals surface area contributed by atoms with Crippen molar-refractivity contribution in [2.75, 3.05) is 0 Å². The predicted molar refractivity (Wildman–Crippen MR) is 157 cm³/mol. The topological polar surface area (TPSA) is 28.7 Å². The summed E-state index contributed by atoms with van der Waals surface area (Å²) in [5, 5.41) is 3.12. The third kappa shape index (κ3) is 6.40. The largest absolute Gasteiger partial charge is 0.338 e. The third-order valence-corrected chi connectivity index (χ3v) is 7.64. The number of hydrogen-bond acceptors (Lipinski definition) is 1. The van der Waals surface area contributed by atoms with E-state index in [2.05, 4.69) is 74.3 Å². The Kier molecular flexibility index (Phi) is 9.64. The summed E-state index contributed by atoms with van der Waals surface area (Å²) >= 11 is 6.71. The molecule has 3 aromatic carbocycles. The van der Waals surface area contributed by atoms with Gasteiger partial charge in [0.15, 0.2) is 0 Å². The Balaban J connectivity index is 1.63. The number of nitrogens with one attached hydrogen (secondary N) is 1. The first-order chi connectivity index (χ1) is 17.6. The summed E-state index contributed by atoms with van der Waals surface area (Å²) in [5.74, 6) is 0.957. The molecule has 0 fully saturated rings. The van der Waals surface area contributed by atoms with Crippen LogP contribution in [-0.2, 0) is 19.3 Å². The van der Waals surface area contributed by atoms with Crippen molar-refractivity contribution in [2.24, 2.45) is 0 Å². The number of rotatable bonds is 13. The van der Waals surface area contributed by atoms with Gasteiger partial charge in [-0.05, 0) is 60.2 Å². The van der Waals surface area contributed by atoms with E-state index in [0.717, 1.165) is 46.8 Å². The molecule has 0 spiro atoms. The van der Waals surface area contributed by atoms with Gasteiger partial charge in [0.05, 0.1) is 11.9 Å². The number of aromatic nitrogens is 2. The zero-order chi connectivity index (χ0) is 25.3. The summed E-state index contributed by atoms with van der Waals surface area (Å²) in [6, 6.07) is 17.7. The van der Waals surface area contributed by atoms with Crippen molar-refractivity contribution in [3.8, 4) is 22.6 Å². The maximum absolute atomic E-state index is 6.71. The van der Waals surface area contributed by atoms with Crippen LogP contribution in [0.4, 0.5) is 0 Å². The predicted octanol–water partition coefficient (Wildman–Crippen LogP) is 10.4. The molecule has 4 rings (SSSR count). The monoisotopic (exact) mass is 500 g/mol. The molecular weight excluding hydrogens is 460 g/mol. The van der Waals surface area contributed by atoms with Crippen LogP contribution in [0, 0.1) is 0 Å². The first kappa shape index (κ1) is 26.5. The number of H-pyrrole nitrogens is 1. The van der Waals surface area contributed by atoms with Gasteiger partial charge in [-0.15, -0.1) is 0 Å². The summed E-state index contributed by atoms with van der Waals surface area (Å²) in [4.78, 5) is 8.52. The third-order valence-electron chi connectivity index (χ3n) is 7.32. The SMILES string of the molecule is CCCCCCCCc1cc(CC)ccc1-c1ncc(-c2cccc3c(Cl)cc(CCCC)cc23)[nH]1. The summed E-state index contributed by atoms with van der Waals surface area (Å²) in [6.45, 7) is 6.74. The molecular formula is C33H41ClN2. The normalized spacial score (nSPS) is 11.4. The second-order valence-corrected chi connectivity index (χ2v) is 10.5. The fourth-order valence-electron chi connectivity index (χ4n) is 5.15. The zero-order valence-corrected chi connectivity index (χ0v) is 23.1. The molecule has 3 heteroatoms. The summed E-state index contributed by atoms with van der Waals surface area (Å²) in [5.41, 5.74) is 7.55. The van der Waals surface area contributed by atoms with Crippen molar-refractivity contribution in [3.05, 3.63) is 76.4 Å². The van der Waals surface area contributed by atoms with Crippen molar-refractivity contribution in [3.63, 3.8) is 0 Å². The minimum atomic E-state index is 0.830. The van der Waals surface area contributed by atoms with Gasteiger partial charge in [-0.25, -0.2) is 4.98 Å². The Labute approximate surface area is 222 Å². The summed E-state index contributed by atoms with van der Waals surface area (Å²) < 4.78 is 0. The molecule has 36 heavy (non-hydrogen) atoms. The van der Waals surface area contributed by atoms with Crippen LogP contribution in [0.5, 0.6) is 0 Å². The molecule has 1 aromatic heterocycles. The van der Waals surface area contributed by atoms with Crippen LogP contribution >= 0.6 is 11.6 Å². The van der Waals surface area contributed by atoms with E-state index in [0.29, 0.717) is 0 Å². The second-order valence-electron chi connectivity index (χ2n) is 10.1.